The summed E-state index contributed by atoms with van der Waals surface area (Å²) in [6.45, 7) is 6.03. The van der Waals surface area contributed by atoms with E-state index in [1.165, 1.54) is 0 Å². The first-order valence-electron chi connectivity index (χ1n) is 4.85. The maximum atomic E-state index is 5.60. The molecule has 0 aromatic carbocycles. The number of nitrogens with zero attached hydrogens (tertiary/aromatic N) is 2. The second kappa shape index (κ2) is 4.79. The molecular weight excluding hydrogens is 178 g/mol. The van der Waals surface area contributed by atoms with Crippen molar-refractivity contribution in [3.8, 4) is 5.88 Å². The lowest BCUT2D eigenvalue weighted by Crippen LogP contribution is -2.12. The molecule has 1 aromatic rings. The molecule has 1 aromatic heterocycles. The molecule has 1 atom stereocenters. The molecule has 0 aliphatic heterocycles. The van der Waals surface area contributed by atoms with Crippen LogP contribution in [-0.2, 0) is 0 Å². The van der Waals surface area contributed by atoms with Crippen molar-refractivity contribution in [3.05, 3.63) is 11.8 Å². The van der Waals surface area contributed by atoms with E-state index < -0.39 is 0 Å². The lowest BCUT2D eigenvalue weighted by Gasteiger charge is -2.12. The standard InChI is InChI=1S/C10H17N3O/c1-5-8(3)14-9-6-7(2)12-10(11-4)13-9/h6,8H,5H2,1-4H3,(H,11,12,13). The molecule has 0 aliphatic carbocycles. The van der Waals surface area contributed by atoms with E-state index in [0.717, 1.165) is 12.1 Å². The first-order chi connectivity index (χ1) is 6.65. The van der Waals surface area contributed by atoms with Gasteiger partial charge in [-0.3, -0.25) is 0 Å². The van der Waals surface area contributed by atoms with Gasteiger partial charge in [0, 0.05) is 18.8 Å². The Labute approximate surface area is 84.7 Å². The molecule has 1 rings (SSSR count). The Balaban J connectivity index is 2.81. The molecule has 0 saturated carbocycles. The Bertz CT molecular complexity index is 301. The van der Waals surface area contributed by atoms with Crippen molar-refractivity contribution in [2.75, 3.05) is 12.4 Å². The zero-order chi connectivity index (χ0) is 10.6. The molecule has 78 valence electrons. The molecule has 0 amide bonds. The van der Waals surface area contributed by atoms with Gasteiger partial charge in [0.05, 0.1) is 6.10 Å². The second-order valence-corrected chi connectivity index (χ2v) is 3.26. The lowest BCUT2D eigenvalue weighted by molar-refractivity contribution is 0.208. The smallest absolute Gasteiger partial charge is 0.225 e. The fraction of sp³-hybridized carbons (Fsp3) is 0.600. The minimum absolute atomic E-state index is 0.189. The molecule has 0 fully saturated rings. The molecule has 1 N–H and O–H groups in total. The summed E-state index contributed by atoms with van der Waals surface area (Å²) in [5, 5.41) is 2.90. The van der Waals surface area contributed by atoms with Gasteiger partial charge >= 0.3 is 0 Å². The van der Waals surface area contributed by atoms with Crippen LogP contribution < -0.4 is 10.1 Å². The van der Waals surface area contributed by atoms with Crippen molar-refractivity contribution >= 4 is 5.95 Å². The van der Waals surface area contributed by atoms with Crippen molar-refractivity contribution in [1.29, 1.82) is 0 Å². The van der Waals surface area contributed by atoms with Crippen LogP contribution in [0.3, 0.4) is 0 Å². The van der Waals surface area contributed by atoms with Gasteiger partial charge in [-0.25, -0.2) is 4.98 Å². The molecule has 1 unspecified atom stereocenters. The molecule has 0 radical (unpaired) electrons. The Morgan fingerprint density at radius 1 is 1.50 bits per heavy atom. The van der Waals surface area contributed by atoms with Gasteiger partial charge in [-0.1, -0.05) is 6.92 Å². The number of hydrogen-bond acceptors (Lipinski definition) is 4. The van der Waals surface area contributed by atoms with Crippen molar-refractivity contribution in [2.45, 2.75) is 33.3 Å². The minimum Gasteiger partial charge on any atom is -0.475 e. The summed E-state index contributed by atoms with van der Waals surface area (Å²) >= 11 is 0. The van der Waals surface area contributed by atoms with Gasteiger partial charge in [0.2, 0.25) is 11.8 Å². The van der Waals surface area contributed by atoms with Crippen LogP contribution in [0.5, 0.6) is 5.88 Å². The van der Waals surface area contributed by atoms with Gasteiger partial charge in [0.15, 0.2) is 0 Å². The van der Waals surface area contributed by atoms with Crippen molar-refractivity contribution in [3.63, 3.8) is 0 Å². The highest BCUT2D eigenvalue weighted by molar-refractivity contribution is 5.29. The number of hydrogen-bond donors (Lipinski definition) is 1. The zero-order valence-corrected chi connectivity index (χ0v) is 9.16. The number of aryl methyl sites for hydroxylation is 1. The first-order valence-corrected chi connectivity index (χ1v) is 4.85. The highest BCUT2D eigenvalue weighted by Crippen LogP contribution is 2.13. The van der Waals surface area contributed by atoms with Crippen LogP contribution in [0.2, 0.25) is 0 Å². The molecular formula is C10H17N3O. The maximum absolute atomic E-state index is 5.60. The summed E-state index contributed by atoms with van der Waals surface area (Å²) in [6, 6.07) is 1.84. The van der Waals surface area contributed by atoms with E-state index in [0.29, 0.717) is 11.8 Å². The Kier molecular flexibility index (Phi) is 3.68. The van der Waals surface area contributed by atoms with Gasteiger partial charge in [-0.05, 0) is 20.3 Å². The highest BCUT2D eigenvalue weighted by Gasteiger charge is 2.05. The van der Waals surface area contributed by atoms with E-state index in [1.54, 1.807) is 7.05 Å². The summed E-state index contributed by atoms with van der Waals surface area (Å²) in [5.41, 5.74) is 0.905. The van der Waals surface area contributed by atoms with Crippen LogP contribution in [0, 0.1) is 6.92 Å². The maximum Gasteiger partial charge on any atom is 0.225 e. The van der Waals surface area contributed by atoms with E-state index in [-0.39, 0.29) is 6.10 Å². The number of ether oxygens (including phenoxy) is 1. The molecule has 14 heavy (non-hydrogen) atoms. The van der Waals surface area contributed by atoms with E-state index >= 15 is 0 Å². The molecule has 0 spiro atoms. The normalized spacial score (nSPS) is 12.3. The van der Waals surface area contributed by atoms with E-state index in [4.69, 9.17) is 4.74 Å². The van der Waals surface area contributed by atoms with E-state index in [2.05, 4.69) is 22.2 Å². The molecule has 1 heterocycles. The fourth-order valence-electron chi connectivity index (χ4n) is 1.00. The summed E-state index contributed by atoms with van der Waals surface area (Å²) < 4.78 is 5.60. The predicted molar refractivity (Wildman–Crippen MR) is 56.7 cm³/mol. The number of anilines is 1. The molecule has 0 bridgehead atoms. The van der Waals surface area contributed by atoms with Crippen LogP contribution in [0.15, 0.2) is 6.07 Å². The Morgan fingerprint density at radius 2 is 2.21 bits per heavy atom. The Hall–Kier alpha value is -1.32. The SMILES string of the molecule is CCC(C)Oc1cc(C)nc(NC)n1. The van der Waals surface area contributed by atoms with Gasteiger partial charge < -0.3 is 10.1 Å². The van der Waals surface area contributed by atoms with Gasteiger partial charge in [-0.15, -0.1) is 0 Å². The van der Waals surface area contributed by atoms with Crippen molar-refractivity contribution < 1.29 is 4.74 Å². The van der Waals surface area contributed by atoms with Gasteiger partial charge in [0.1, 0.15) is 0 Å². The third-order valence-electron chi connectivity index (χ3n) is 1.95. The van der Waals surface area contributed by atoms with Crippen LogP contribution in [0.1, 0.15) is 26.0 Å². The summed E-state index contributed by atoms with van der Waals surface area (Å²) in [6.07, 6.45) is 1.16. The minimum atomic E-state index is 0.189. The number of nitrogens with one attached hydrogen (secondary N) is 1. The average molecular weight is 195 g/mol. The number of rotatable bonds is 4. The third-order valence-corrected chi connectivity index (χ3v) is 1.95. The van der Waals surface area contributed by atoms with Crippen LogP contribution in [0.25, 0.3) is 0 Å². The fourth-order valence-corrected chi connectivity index (χ4v) is 1.00. The second-order valence-electron chi connectivity index (χ2n) is 3.26. The summed E-state index contributed by atoms with van der Waals surface area (Å²) in [4.78, 5) is 8.38. The van der Waals surface area contributed by atoms with Gasteiger partial charge in [0.25, 0.3) is 0 Å². The van der Waals surface area contributed by atoms with E-state index in [1.807, 2.05) is 19.9 Å². The van der Waals surface area contributed by atoms with Gasteiger partial charge in [-0.2, -0.15) is 4.98 Å². The number of aromatic nitrogens is 2. The van der Waals surface area contributed by atoms with Crippen LogP contribution in [0.4, 0.5) is 5.95 Å². The Morgan fingerprint density at radius 3 is 2.79 bits per heavy atom. The summed E-state index contributed by atoms with van der Waals surface area (Å²) in [5.74, 6) is 1.24. The highest BCUT2D eigenvalue weighted by atomic mass is 16.5. The van der Waals surface area contributed by atoms with E-state index in [9.17, 15) is 0 Å². The van der Waals surface area contributed by atoms with Crippen molar-refractivity contribution in [1.82, 2.24) is 9.97 Å². The molecule has 4 nitrogen and oxygen atoms in total. The molecule has 4 heteroatoms. The van der Waals surface area contributed by atoms with Crippen molar-refractivity contribution in [2.24, 2.45) is 0 Å². The summed E-state index contributed by atoms with van der Waals surface area (Å²) in [7, 11) is 1.79. The first kappa shape index (κ1) is 10.8. The topological polar surface area (TPSA) is 47.0 Å². The monoisotopic (exact) mass is 195 g/mol. The van der Waals surface area contributed by atoms with Crippen LogP contribution >= 0.6 is 0 Å². The molecule has 0 aliphatic rings. The van der Waals surface area contributed by atoms with Crippen LogP contribution in [-0.4, -0.2) is 23.1 Å². The largest absolute Gasteiger partial charge is 0.475 e. The third kappa shape index (κ3) is 2.87. The average Bonchev–Trinajstić information content (AvgIpc) is 2.16. The quantitative estimate of drug-likeness (QED) is 0.798. The zero-order valence-electron chi connectivity index (χ0n) is 9.16. The lowest BCUT2D eigenvalue weighted by atomic mass is 10.3. The molecule has 0 saturated heterocycles. The predicted octanol–water partition coefficient (Wildman–Crippen LogP) is 2.00.